The van der Waals surface area contributed by atoms with Crippen LogP contribution in [0, 0.1) is 0 Å². The largest absolute Gasteiger partial charge is 0.872 e. The van der Waals surface area contributed by atoms with Gasteiger partial charge in [-0.3, -0.25) is 4.79 Å². The Bertz CT molecular complexity index is 699. The van der Waals surface area contributed by atoms with Gasteiger partial charge in [-0.15, -0.1) is 0 Å². The monoisotopic (exact) mass is 364 g/mol. The number of ether oxygens (including phenoxy) is 2. The molecule has 26 heavy (non-hydrogen) atoms. The van der Waals surface area contributed by atoms with Gasteiger partial charge in [-0.1, -0.05) is 17.9 Å². The summed E-state index contributed by atoms with van der Waals surface area (Å²) >= 11 is 0. The lowest BCUT2D eigenvalue weighted by Gasteiger charge is -2.41. The van der Waals surface area contributed by atoms with E-state index in [0.717, 1.165) is 17.6 Å². The average Bonchev–Trinajstić information content (AvgIpc) is 2.48. The topological polar surface area (TPSA) is 99.1 Å². The molecule has 142 valence electrons. The molecule has 0 aliphatic carbocycles. The molecule has 0 bridgehead atoms. The molecule has 2 heterocycles. The van der Waals surface area contributed by atoms with E-state index in [1.807, 2.05) is 0 Å². The molecule has 0 aromatic heterocycles. The third kappa shape index (κ3) is 4.08. The molecule has 2 fully saturated rings. The molecular weight excluding hydrogens is 340 g/mol. The fourth-order valence-electron chi connectivity index (χ4n) is 3.32. The van der Waals surface area contributed by atoms with Crippen LogP contribution in [0.1, 0.15) is 16.8 Å². The Labute approximate surface area is 152 Å². The molecule has 3 rings (SSSR count). The Balaban J connectivity index is 1.51. The minimum Gasteiger partial charge on any atom is -0.872 e. The maximum Gasteiger partial charge on any atom is 0.338 e. The number of carbonyl (C=O) groups is 2. The Hall–Kier alpha value is -2.32. The maximum atomic E-state index is 12.4. The lowest BCUT2D eigenvalue weighted by molar-refractivity contribution is -0.901. The van der Waals surface area contributed by atoms with Crippen LogP contribution >= 0.6 is 0 Å². The number of morpholine rings is 1. The van der Waals surface area contributed by atoms with Crippen LogP contribution in [0.15, 0.2) is 18.2 Å². The molecule has 2 aliphatic rings. The van der Waals surface area contributed by atoms with Gasteiger partial charge in [-0.25, -0.2) is 4.79 Å². The minimum absolute atomic E-state index is 0.00721. The second-order valence-electron chi connectivity index (χ2n) is 7.51. The number of carboxylic acids is 1. The first kappa shape index (κ1) is 18.5. The number of quaternary nitrogens is 1. The van der Waals surface area contributed by atoms with Crippen LogP contribution in [0.5, 0.6) is 11.5 Å². The molecule has 8 heteroatoms. The zero-order valence-corrected chi connectivity index (χ0v) is 15.0. The van der Waals surface area contributed by atoms with Gasteiger partial charge in [-0.05, 0) is 6.07 Å². The fourth-order valence-corrected chi connectivity index (χ4v) is 3.32. The molecule has 2 saturated heterocycles. The lowest BCUT2D eigenvalue weighted by atomic mass is 10.1. The van der Waals surface area contributed by atoms with E-state index < -0.39 is 11.7 Å². The summed E-state index contributed by atoms with van der Waals surface area (Å²) in [5, 5.41) is 20.8. The van der Waals surface area contributed by atoms with Gasteiger partial charge in [0.2, 0.25) is 5.91 Å². The molecule has 1 unspecified atom stereocenters. The van der Waals surface area contributed by atoms with Gasteiger partial charge < -0.3 is 29.1 Å². The van der Waals surface area contributed by atoms with Gasteiger partial charge in [0.1, 0.15) is 31.0 Å². The van der Waals surface area contributed by atoms with Gasteiger partial charge in [0.25, 0.3) is 0 Å². The highest BCUT2D eigenvalue weighted by molar-refractivity contribution is 5.93. The Morgan fingerprint density at radius 2 is 2.12 bits per heavy atom. The number of carboxylic acid groups (broad SMARTS) is 1. The number of likely N-dealkylation sites (N-methyl/N-ethyl adjacent to an activating group) is 1. The molecule has 0 radical (unpaired) electrons. The number of rotatable bonds is 5. The standard InChI is InChI=1S/C18H24N2O6/c1-20(2)6-7-25-12(11-20)8-16(22)19-9-13(10-19)26-15-5-3-4-14(21)17(15)18(23)24/h3-5,12-13H,6-11H2,1-2H3,(H-,21,23,24). The Kier molecular flexibility index (Phi) is 5.06. The van der Waals surface area contributed by atoms with E-state index in [4.69, 9.17) is 14.6 Å². The number of likely N-dealkylation sites (tertiary alicyclic amines) is 1. The SMILES string of the molecule is C[N+]1(C)CCOC(CC(=O)N2CC(Oc3cccc([O-])c3C(=O)O)C2)C1. The zero-order valence-electron chi connectivity index (χ0n) is 15.0. The highest BCUT2D eigenvalue weighted by Gasteiger charge is 2.36. The average molecular weight is 364 g/mol. The van der Waals surface area contributed by atoms with Crippen molar-refractivity contribution >= 4 is 11.9 Å². The van der Waals surface area contributed by atoms with Crippen molar-refractivity contribution in [1.29, 1.82) is 0 Å². The number of aromatic carboxylic acids is 1. The van der Waals surface area contributed by atoms with Crippen molar-refractivity contribution in [2.24, 2.45) is 0 Å². The van der Waals surface area contributed by atoms with Crippen LogP contribution in [-0.2, 0) is 9.53 Å². The second kappa shape index (κ2) is 7.13. The second-order valence-corrected chi connectivity index (χ2v) is 7.51. The van der Waals surface area contributed by atoms with Crippen molar-refractivity contribution < 1.29 is 33.8 Å². The summed E-state index contributed by atoms with van der Waals surface area (Å²) in [5.74, 6) is -1.84. The van der Waals surface area contributed by atoms with Crippen molar-refractivity contribution in [2.45, 2.75) is 18.6 Å². The molecule has 8 nitrogen and oxygen atoms in total. The van der Waals surface area contributed by atoms with Crippen molar-refractivity contribution in [3.8, 4) is 11.5 Å². The van der Waals surface area contributed by atoms with Gasteiger partial charge in [-0.2, -0.15) is 0 Å². The molecule has 0 spiro atoms. The Morgan fingerprint density at radius 1 is 1.38 bits per heavy atom. The van der Waals surface area contributed by atoms with Crippen LogP contribution in [0.4, 0.5) is 0 Å². The number of hydrogen-bond acceptors (Lipinski definition) is 5. The third-order valence-electron chi connectivity index (χ3n) is 4.85. The molecule has 1 aromatic carbocycles. The molecule has 2 aliphatic heterocycles. The first-order valence-corrected chi connectivity index (χ1v) is 8.66. The Morgan fingerprint density at radius 3 is 2.77 bits per heavy atom. The molecule has 1 N–H and O–H groups in total. The number of benzene rings is 1. The number of amides is 1. The van der Waals surface area contributed by atoms with E-state index in [1.54, 1.807) is 4.90 Å². The predicted molar refractivity (Wildman–Crippen MR) is 90.0 cm³/mol. The molecule has 1 aromatic rings. The third-order valence-corrected chi connectivity index (χ3v) is 4.85. The smallest absolute Gasteiger partial charge is 0.338 e. The quantitative estimate of drug-likeness (QED) is 0.734. The summed E-state index contributed by atoms with van der Waals surface area (Å²) in [5.41, 5.74) is -0.368. The van der Waals surface area contributed by atoms with Crippen LogP contribution in [-0.4, -0.2) is 85.5 Å². The summed E-state index contributed by atoms with van der Waals surface area (Å²) in [7, 11) is 4.25. The molecule has 1 amide bonds. The minimum atomic E-state index is -1.31. The summed E-state index contributed by atoms with van der Waals surface area (Å²) in [4.78, 5) is 25.3. The van der Waals surface area contributed by atoms with E-state index in [1.165, 1.54) is 18.2 Å². The zero-order chi connectivity index (χ0) is 18.9. The van der Waals surface area contributed by atoms with E-state index in [-0.39, 0.29) is 29.4 Å². The summed E-state index contributed by atoms with van der Waals surface area (Å²) < 4.78 is 12.1. The van der Waals surface area contributed by atoms with Crippen molar-refractivity contribution in [3.63, 3.8) is 0 Å². The highest BCUT2D eigenvalue weighted by atomic mass is 16.5. The van der Waals surface area contributed by atoms with Crippen molar-refractivity contribution in [2.75, 3.05) is 46.9 Å². The molecule has 0 saturated carbocycles. The summed E-state index contributed by atoms with van der Waals surface area (Å²) in [6, 6.07) is 4.12. The van der Waals surface area contributed by atoms with Gasteiger partial charge in [0.05, 0.1) is 45.8 Å². The van der Waals surface area contributed by atoms with Crippen LogP contribution in [0.3, 0.4) is 0 Å². The molecule has 1 atom stereocenters. The van der Waals surface area contributed by atoms with Gasteiger partial charge >= 0.3 is 5.97 Å². The first-order valence-electron chi connectivity index (χ1n) is 8.66. The lowest BCUT2D eigenvalue weighted by Crippen LogP contribution is -2.58. The van der Waals surface area contributed by atoms with Crippen LogP contribution in [0.25, 0.3) is 0 Å². The number of nitrogens with zero attached hydrogens (tertiary/aromatic N) is 2. The number of hydrogen-bond donors (Lipinski definition) is 1. The van der Waals surface area contributed by atoms with Crippen LogP contribution in [0.2, 0.25) is 0 Å². The van der Waals surface area contributed by atoms with Gasteiger partial charge in [0, 0.05) is 0 Å². The van der Waals surface area contributed by atoms with Crippen molar-refractivity contribution in [1.82, 2.24) is 4.90 Å². The van der Waals surface area contributed by atoms with Gasteiger partial charge in [0.15, 0.2) is 0 Å². The summed E-state index contributed by atoms with van der Waals surface area (Å²) in [6.07, 6.45) is -0.0505. The predicted octanol–water partition coefficient (Wildman–Crippen LogP) is -0.0867. The van der Waals surface area contributed by atoms with E-state index in [0.29, 0.717) is 26.1 Å². The first-order chi connectivity index (χ1) is 12.2. The van der Waals surface area contributed by atoms with Crippen LogP contribution < -0.4 is 9.84 Å². The molecular formula is C18H24N2O6. The maximum absolute atomic E-state index is 12.4. The number of carbonyl (C=O) groups excluding carboxylic acids is 1. The van der Waals surface area contributed by atoms with E-state index in [2.05, 4.69) is 14.1 Å². The van der Waals surface area contributed by atoms with Crippen molar-refractivity contribution in [3.05, 3.63) is 23.8 Å². The summed E-state index contributed by atoms with van der Waals surface area (Å²) in [6.45, 7) is 3.16. The van der Waals surface area contributed by atoms with E-state index in [9.17, 15) is 14.7 Å². The van der Waals surface area contributed by atoms with E-state index >= 15 is 0 Å². The highest BCUT2D eigenvalue weighted by Crippen LogP contribution is 2.28. The fraction of sp³-hybridized carbons (Fsp3) is 0.556. The normalized spacial score (nSPS) is 22.5.